The number of nitrogens with two attached hydrogens (primary N) is 1. The Morgan fingerprint density at radius 3 is 2.88 bits per heavy atom. The van der Waals surface area contributed by atoms with E-state index >= 15 is 0 Å². The molecule has 1 amide bonds. The van der Waals surface area contributed by atoms with E-state index in [1.807, 2.05) is 30.0 Å². The van der Waals surface area contributed by atoms with Crippen LogP contribution in [0, 0.1) is 6.92 Å². The standard InChI is InChI=1S/C14H20N2O/c1-10-6-7-13(15)12(9-10)14(17)16-8-4-3-5-11(16)2/h6-7,9,11H,3-5,8,15H2,1-2H3. The zero-order chi connectivity index (χ0) is 12.4. The fourth-order valence-electron chi connectivity index (χ4n) is 2.41. The molecule has 1 aromatic rings. The number of piperidine rings is 1. The second-order valence-corrected chi connectivity index (χ2v) is 4.93. The van der Waals surface area contributed by atoms with Gasteiger partial charge in [-0.3, -0.25) is 4.79 Å². The number of carbonyl (C=O) groups excluding carboxylic acids is 1. The third kappa shape index (κ3) is 2.43. The largest absolute Gasteiger partial charge is 0.398 e. The van der Waals surface area contributed by atoms with Gasteiger partial charge in [-0.15, -0.1) is 0 Å². The highest BCUT2D eigenvalue weighted by Gasteiger charge is 2.25. The summed E-state index contributed by atoms with van der Waals surface area (Å²) in [6.07, 6.45) is 3.41. The number of carbonyl (C=O) groups is 1. The monoisotopic (exact) mass is 232 g/mol. The van der Waals surface area contributed by atoms with Gasteiger partial charge in [-0.25, -0.2) is 0 Å². The normalized spacial score (nSPS) is 20.4. The van der Waals surface area contributed by atoms with Crippen LogP contribution in [0.25, 0.3) is 0 Å². The molecule has 3 heteroatoms. The molecule has 0 spiro atoms. The number of hydrogen-bond acceptors (Lipinski definition) is 2. The minimum Gasteiger partial charge on any atom is -0.398 e. The fourth-order valence-corrected chi connectivity index (χ4v) is 2.41. The quantitative estimate of drug-likeness (QED) is 0.756. The first-order valence-electron chi connectivity index (χ1n) is 6.26. The molecule has 1 aliphatic rings. The Balaban J connectivity index is 2.26. The van der Waals surface area contributed by atoms with Crippen LogP contribution in [0.1, 0.15) is 42.1 Å². The van der Waals surface area contributed by atoms with Crippen LogP contribution in [0.4, 0.5) is 5.69 Å². The number of hydrogen-bond donors (Lipinski definition) is 1. The molecule has 1 aliphatic heterocycles. The van der Waals surface area contributed by atoms with E-state index in [1.165, 1.54) is 6.42 Å². The summed E-state index contributed by atoms with van der Waals surface area (Å²) in [6.45, 7) is 4.95. The molecule has 0 aliphatic carbocycles. The van der Waals surface area contributed by atoms with E-state index in [0.717, 1.165) is 24.9 Å². The molecule has 92 valence electrons. The number of amides is 1. The van der Waals surface area contributed by atoms with E-state index < -0.39 is 0 Å². The van der Waals surface area contributed by atoms with Crippen molar-refractivity contribution in [1.29, 1.82) is 0 Å². The molecular formula is C14H20N2O. The Bertz CT molecular complexity index is 428. The molecule has 2 rings (SSSR count). The number of benzene rings is 1. The smallest absolute Gasteiger partial charge is 0.256 e. The van der Waals surface area contributed by atoms with Crippen LogP contribution in [-0.4, -0.2) is 23.4 Å². The lowest BCUT2D eigenvalue weighted by Crippen LogP contribution is -2.42. The highest BCUT2D eigenvalue weighted by atomic mass is 16.2. The van der Waals surface area contributed by atoms with Gasteiger partial charge in [-0.2, -0.15) is 0 Å². The Labute approximate surface area is 103 Å². The van der Waals surface area contributed by atoms with Gasteiger partial charge in [-0.05, 0) is 45.2 Å². The summed E-state index contributed by atoms with van der Waals surface area (Å²) in [4.78, 5) is 14.4. The summed E-state index contributed by atoms with van der Waals surface area (Å²) in [5.41, 5.74) is 8.20. The van der Waals surface area contributed by atoms with Gasteiger partial charge in [0.05, 0.1) is 5.56 Å². The van der Waals surface area contributed by atoms with Crippen molar-refractivity contribution in [3.05, 3.63) is 29.3 Å². The molecule has 2 N–H and O–H groups in total. The van der Waals surface area contributed by atoms with Crippen LogP contribution in [0.2, 0.25) is 0 Å². The van der Waals surface area contributed by atoms with Crippen LogP contribution >= 0.6 is 0 Å². The number of nitrogens with zero attached hydrogens (tertiary/aromatic N) is 1. The molecule has 3 nitrogen and oxygen atoms in total. The molecule has 17 heavy (non-hydrogen) atoms. The van der Waals surface area contributed by atoms with E-state index in [1.54, 1.807) is 0 Å². The van der Waals surface area contributed by atoms with E-state index in [4.69, 9.17) is 5.73 Å². The zero-order valence-electron chi connectivity index (χ0n) is 10.6. The van der Waals surface area contributed by atoms with Crippen molar-refractivity contribution in [3.63, 3.8) is 0 Å². The lowest BCUT2D eigenvalue weighted by atomic mass is 10.0. The Kier molecular flexibility index (Phi) is 3.36. The van der Waals surface area contributed by atoms with Gasteiger partial charge in [0.2, 0.25) is 0 Å². The number of rotatable bonds is 1. The maximum atomic E-state index is 12.4. The van der Waals surface area contributed by atoms with E-state index in [9.17, 15) is 4.79 Å². The summed E-state index contributed by atoms with van der Waals surface area (Å²) < 4.78 is 0. The zero-order valence-corrected chi connectivity index (χ0v) is 10.6. The lowest BCUT2D eigenvalue weighted by molar-refractivity contribution is 0.0636. The maximum absolute atomic E-state index is 12.4. The van der Waals surface area contributed by atoms with Gasteiger partial charge in [-0.1, -0.05) is 11.6 Å². The van der Waals surface area contributed by atoms with E-state index in [-0.39, 0.29) is 5.91 Å². The summed E-state index contributed by atoms with van der Waals surface area (Å²) in [5.74, 6) is 0.0819. The SMILES string of the molecule is Cc1ccc(N)c(C(=O)N2CCCCC2C)c1. The second-order valence-electron chi connectivity index (χ2n) is 4.93. The van der Waals surface area contributed by atoms with Crippen molar-refractivity contribution < 1.29 is 4.79 Å². The van der Waals surface area contributed by atoms with Crippen molar-refractivity contribution in [1.82, 2.24) is 4.90 Å². The average molecular weight is 232 g/mol. The first-order chi connectivity index (χ1) is 8.09. The molecule has 0 radical (unpaired) electrons. The number of nitrogen functional groups attached to an aromatic ring is 1. The molecule has 1 atom stereocenters. The molecule has 0 saturated carbocycles. The van der Waals surface area contributed by atoms with Crippen molar-refractivity contribution >= 4 is 11.6 Å². The predicted molar refractivity (Wildman–Crippen MR) is 69.9 cm³/mol. The van der Waals surface area contributed by atoms with Gasteiger partial charge in [0.1, 0.15) is 0 Å². The molecule has 1 fully saturated rings. The van der Waals surface area contributed by atoms with Gasteiger partial charge >= 0.3 is 0 Å². The van der Waals surface area contributed by atoms with Crippen LogP contribution in [0.5, 0.6) is 0 Å². The molecule has 0 aromatic heterocycles. The van der Waals surface area contributed by atoms with Crippen molar-refractivity contribution in [2.24, 2.45) is 0 Å². The van der Waals surface area contributed by atoms with Gasteiger partial charge in [0.25, 0.3) is 5.91 Å². The Hall–Kier alpha value is -1.51. The topological polar surface area (TPSA) is 46.3 Å². The maximum Gasteiger partial charge on any atom is 0.256 e. The fraction of sp³-hybridized carbons (Fsp3) is 0.500. The molecule has 1 aromatic carbocycles. The average Bonchev–Trinajstić information content (AvgIpc) is 2.32. The van der Waals surface area contributed by atoms with E-state index in [0.29, 0.717) is 17.3 Å². The van der Waals surface area contributed by atoms with Crippen LogP contribution in [-0.2, 0) is 0 Å². The van der Waals surface area contributed by atoms with Crippen molar-refractivity contribution in [2.45, 2.75) is 39.2 Å². The molecular weight excluding hydrogens is 212 g/mol. The van der Waals surface area contributed by atoms with Crippen molar-refractivity contribution in [2.75, 3.05) is 12.3 Å². The van der Waals surface area contributed by atoms with Gasteiger partial charge in [0, 0.05) is 18.3 Å². The second kappa shape index (κ2) is 4.78. The lowest BCUT2D eigenvalue weighted by Gasteiger charge is -2.33. The van der Waals surface area contributed by atoms with Gasteiger partial charge < -0.3 is 10.6 Å². The first-order valence-corrected chi connectivity index (χ1v) is 6.26. The summed E-state index contributed by atoms with van der Waals surface area (Å²) in [6, 6.07) is 5.97. The first kappa shape index (κ1) is 12.0. The molecule has 1 unspecified atom stereocenters. The Morgan fingerprint density at radius 2 is 2.18 bits per heavy atom. The van der Waals surface area contributed by atoms with Crippen LogP contribution in [0.3, 0.4) is 0 Å². The van der Waals surface area contributed by atoms with Gasteiger partial charge in [0.15, 0.2) is 0 Å². The highest BCUT2D eigenvalue weighted by Crippen LogP contribution is 2.22. The molecule has 0 bridgehead atoms. The minimum absolute atomic E-state index is 0.0819. The number of aryl methyl sites for hydroxylation is 1. The summed E-state index contributed by atoms with van der Waals surface area (Å²) in [7, 11) is 0. The highest BCUT2D eigenvalue weighted by molar-refractivity contribution is 5.99. The van der Waals surface area contributed by atoms with Crippen molar-refractivity contribution in [3.8, 4) is 0 Å². The third-order valence-corrected chi connectivity index (χ3v) is 3.50. The number of likely N-dealkylation sites (tertiary alicyclic amines) is 1. The predicted octanol–water partition coefficient (Wildman–Crippen LogP) is 2.59. The van der Waals surface area contributed by atoms with Crippen LogP contribution in [0.15, 0.2) is 18.2 Å². The van der Waals surface area contributed by atoms with E-state index in [2.05, 4.69) is 6.92 Å². The third-order valence-electron chi connectivity index (χ3n) is 3.50. The summed E-state index contributed by atoms with van der Waals surface area (Å²) in [5, 5.41) is 0. The molecule has 1 saturated heterocycles. The number of anilines is 1. The minimum atomic E-state index is 0.0819. The Morgan fingerprint density at radius 1 is 1.41 bits per heavy atom. The summed E-state index contributed by atoms with van der Waals surface area (Å²) >= 11 is 0. The van der Waals surface area contributed by atoms with Crippen LogP contribution < -0.4 is 5.73 Å². The molecule has 1 heterocycles.